The number of piperidine rings is 1. The van der Waals surface area contributed by atoms with Gasteiger partial charge in [0.1, 0.15) is 5.75 Å². The number of carbonyl (C=O) groups excluding carboxylic acids is 1. The van der Waals surface area contributed by atoms with Gasteiger partial charge in [-0.25, -0.2) is 0 Å². The number of phenolic OH excluding ortho intramolecular Hbond substituents is 1. The number of amides is 1. The highest BCUT2D eigenvalue weighted by molar-refractivity contribution is 5.73. The highest BCUT2D eigenvalue weighted by Crippen LogP contribution is 2.60. The number of aromatic hydroxyl groups is 1. The molecule has 6 fully saturated rings. The van der Waals surface area contributed by atoms with E-state index in [9.17, 15) is 9.90 Å². The third-order valence-corrected chi connectivity index (χ3v) is 9.99. The third kappa shape index (κ3) is 3.87. The van der Waals surface area contributed by atoms with Crippen molar-refractivity contribution < 1.29 is 9.90 Å². The summed E-state index contributed by atoms with van der Waals surface area (Å²) in [5, 5.41) is 9.91. The van der Waals surface area contributed by atoms with Crippen molar-refractivity contribution in [3.05, 3.63) is 29.8 Å². The van der Waals surface area contributed by atoms with Crippen LogP contribution in [0.5, 0.6) is 5.75 Å². The van der Waals surface area contributed by atoms with Crippen LogP contribution >= 0.6 is 0 Å². The van der Waals surface area contributed by atoms with Crippen LogP contribution in [0.15, 0.2) is 24.3 Å². The number of nitrogens with zero attached hydrogens (tertiary/aromatic N) is 2. The van der Waals surface area contributed by atoms with Crippen LogP contribution in [0.2, 0.25) is 0 Å². The van der Waals surface area contributed by atoms with Crippen LogP contribution in [0, 0.1) is 23.2 Å². The van der Waals surface area contributed by atoms with E-state index < -0.39 is 0 Å². The van der Waals surface area contributed by atoms with Gasteiger partial charge in [0.15, 0.2) is 0 Å². The number of fused-ring (bicyclic) bond motifs is 2. The van der Waals surface area contributed by atoms with E-state index in [1.807, 2.05) is 12.1 Å². The van der Waals surface area contributed by atoms with Crippen molar-refractivity contribution in [2.45, 2.75) is 89.1 Å². The second-order valence-electron chi connectivity index (χ2n) is 12.2. The van der Waals surface area contributed by atoms with E-state index in [1.54, 1.807) is 13.0 Å². The molecule has 4 aliphatic carbocycles. The first-order chi connectivity index (χ1) is 15.5. The third-order valence-electron chi connectivity index (χ3n) is 9.99. The number of rotatable bonds is 6. The molecule has 4 heteroatoms. The Morgan fingerprint density at radius 3 is 2.22 bits per heavy atom. The highest BCUT2D eigenvalue weighted by Gasteiger charge is 2.51. The van der Waals surface area contributed by atoms with Crippen molar-refractivity contribution in [3.8, 4) is 5.75 Å². The normalized spacial score (nSPS) is 40.0. The van der Waals surface area contributed by atoms with Crippen molar-refractivity contribution in [2.75, 3.05) is 19.6 Å². The fourth-order valence-corrected chi connectivity index (χ4v) is 9.16. The Labute approximate surface area is 193 Å². The molecule has 1 aromatic rings. The van der Waals surface area contributed by atoms with Crippen LogP contribution in [0.25, 0.3) is 0 Å². The Morgan fingerprint density at radius 1 is 1.03 bits per heavy atom. The molecule has 4 nitrogen and oxygen atoms in total. The maximum Gasteiger partial charge on any atom is 0.219 e. The molecule has 6 bridgehead atoms. The fraction of sp³-hybridized carbons (Fsp3) is 0.750. The lowest BCUT2D eigenvalue weighted by atomic mass is 9.49. The van der Waals surface area contributed by atoms with Gasteiger partial charge in [0.2, 0.25) is 5.91 Å². The predicted molar refractivity (Wildman–Crippen MR) is 126 cm³/mol. The molecule has 0 spiro atoms. The van der Waals surface area contributed by atoms with Crippen molar-refractivity contribution in [1.29, 1.82) is 0 Å². The Kier molecular flexibility index (Phi) is 5.28. The fourth-order valence-electron chi connectivity index (χ4n) is 9.16. The number of hydrogen-bond donors (Lipinski definition) is 1. The SMILES string of the molecule is CC(=O)N(CCN1[C@@H]2CC[C@H]1C[C@@H](c1cccc(O)c1)C2)CC12CC3CC(CC(C3)C1)C2. The van der Waals surface area contributed by atoms with E-state index in [1.165, 1.54) is 69.8 Å². The minimum Gasteiger partial charge on any atom is -0.508 e. The van der Waals surface area contributed by atoms with Crippen LogP contribution < -0.4 is 0 Å². The maximum absolute atomic E-state index is 12.7. The molecule has 2 aliphatic heterocycles. The lowest BCUT2D eigenvalue weighted by Crippen LogP contribution is -2.53. The molecular weight excluding hydrogens is 396 g/mol. The molecule has 2 saturated heterocycles. The van der Waals surface area contributed by atoms with Gasteiger partial charge in [-0.05, 0) is 111 Å². The molecule has 1 amide bonds. The van der Waals surface area contributed by atoms with Crippen molar-refractivity contribution in [1.82, 2.24) is 9.80 Å². The zero-order valence-corrected chi connectivity index (χ0v) is 19.7. The van der Waals surface area contributed by atoms with Gasteiger partial charge in [0.25, 0.3) is 0 Å². The summed E-state index contributed by atoms with van der Waals surface area (Å²) >= 11 is 0. The minimum absolute atomic E-state index is 0.280. The van der Waals surface area contributed by atoms with Gasteiger partial charge in [0.05, 0.1) is 0 Å². The van der Waals surface area contributed by atoms with E-state index in [0.717, 1.165) is 37.4 Å². The monoisotopic (exact) mass is 436 g/mol. The molecular formula is C28H40N2O2. The van der Waals surface area contributed by atoms with Gasteiger partial charge in [-0.1, -0.05) is 12.1 Å². The van der Waals surface area contributed by atoms with Crippen LogP contribution in [-0.2, 0) is 4.79 Å². The molecule has 4 saturated carbocycles. The van der Waals surface area contributed by atoms with Crippen molar-refractivity contribution >= 4 is 5.91 Å². The first-order valence-electron chi connectivity index (χ1n) is 13.3. The van der Waals surface area contributed by atoms with Gasteiger partial charge in [0, 0.05) is 38.6 Å². The van der Waals surface area contributed by atoms with E-state index in [-0.39, 0.29) is 5.91 Å². The van der Waals surface area contributed by atoms with E-state index in [4.69, 9.17) is 0 Å². The standard InChI is InChI=1S/C28H40N2O2/c1-19(31)29(18-28-15-20-9-21(16-28)11-22(10-20)17-28)7-8-30-25-5-6-26(30)13-24(12-25)23-3-2-4-27(32)14-23/h2-4,14,20-22,24-26,32H,5-13,15-18H2,1H3/t20?,21?,22?,24-,25+,26-,28?. The average Bonchev–Trinajstić information content (AvgIpc) is 2.97. The minimum atomic E-state index is 0.280. The molecule has 2 heterocycles. The van der Waals surface area contributed by atoms with Gasteiger partial charge in [-0.3, -0.25) is 9.69 Å². The first-order valence-corrected chi connectivity index (χ1v) is 13.3. The van der Waals surface area contributed by atoms with Crippen LogP contribution in [-0.4, -0.2) is 52.5 Å². The number of hydrogen-bond acceptors (Lipinski definition) is 3. The molecule has 1 aromatic carbocycles. The van der Waals surface area contributed by atoms with Crippen molar-refractivity contribution in [3.63, 3.8) is 0 Å². The molecule has 0 radical (unpaired) electrons. The number of carbonyl (C=O) groups is 1. The smallest absolute Gasteiger partial charge is 0.219 e. The van der Waals surface area contributed by atoms with E-state index in [0.29, 0.717) is 29.2 Å². The summed E-state index contributed by atoms with van der Waals surface area (Å²) < 4.78 is 0. The summed E-state index contributed by atoms with van der Waals surface area (Å²) in [7, 11) is 0. The summed E-state index contributed by atoms with van der Waals surface area (Å²) in [4.78, 5) is 17.6. The molecule has 1 N–H and O–H groups in total. The Morgan fingerprint density at radius 2 is 1.66 bits per heavy atom. The van der Waals surface area contributed by atoms with E-state index in [2.05, 4.69) is 15.9 Å². The predicted octanol–water partition coefficient (Wildman–Crippen LogP) is 5.17. The zero-order chi connectivity index (χ0) is 21.9. The quantitative estimate of drug-likeness (QED) is 0.669. The number of phenols is 1. The van der Waals surface area contributed by atoms with E-state index >= 15 is 0 Å². The molecule has 7 rings (SSSR count). The summed E-state index contributed by atoms with van der Waals surface area (Å²) in [6.07, 6.45) is 13.5. The lowest BCUT2D eigenvalue weighted by molar-refractivity contribution is -0.135. The molecule has 0 unspecified atom stereocenters. The van der Waals surface area contributed by atoms with Gasteiger partial charge < -0.3 is 10.0 Å². The Bertz CT molecular complexity index is 817. The van der Waals surface area contributed by atoms with Gasteiger partial charge in [-0.2, -0.15) is 0 Å². The maximum atomic E-state index is 12.7. The molecule has 174 valence electrons. The average molecular weight is 437 g/mol. The topological polar surface area (TPSA) is 43.8 Å². The van der Waals surface area contributed by atoms with Crippen LogP contribution in [0.1, 0.15) is 82.6 Å². The molecule has 0 aromatic heterocycles. The Hall–Kier alpha value is -1.55. The van der Waals surface area contributed by atoms with Gasteiger partial charge >= 0.3 is 0 Å². The molecule has 3 atom stereocenters. The van der Waals surface area contributed by atoms with Crippen LogP contribution in [0.3, 0.4) is 0 Å². The van der Waals surface area contributed by atoms with Crippen molar-refractivity contribution in [2.24, 2.45) is 23.2 Å². The Balaban J connectivity index is 1.09. The summed E-state index contributed by atoms with van der Waals surface area (Å²) in [5.41, 5.74) is 1.73. The zero-order valence-electron chi connectivity index (χ0n) is 19.7. The summed E-state index contributed by atoms with van der Waals surface area (Å²) in [6.45, 7) is 4.75. The lowest BCUT2D eigenvalue weighted by Gasteiger charge is -2.58. The largest absolute Gasteiger partial charge is 0.508 e. The van der Waals surface area contributed by atoms with Gasteiger partial charge in [-0.15, -0.1) is 0 Å². The molecule has 32 heavy (non-hydrogen) atoms. The summed E-state index contributed by atoms with van der Waals surface area (Å²) in [5.74, 6) is 4.07. The summed E-state index contributed by atoms with van der Waals surface area (Å²) in [6, 6.07) is 9.16. The second kappa shape index (κ2) is 8.04. The number of benzene rings is 1. The second-order valence-corrected chi connectivity index (χ2v) is 12.2. The molecule has 6 aliphatic rings. The van der Waals surface area contributed by atoms with Crippen LogP contribution in [0.4, 0.5) is 0 Å². The highest BCUT2D eigenvalue weighted by atomic mass is 16.3. The first kappa shape index (κ1) is 21.0.